The summed E-state index contributed by atoms with van der Waals surface area (Å²) in [6.07, 6.45) is 5.05. The minimum absolute atomic E-state index is 0.201. The molecule has 0 heterocycles. The van der Waals surface area contributed by atoms with E-state index in [1.54, 1.807) is 30.3 Å². The first-order chi connectivity index (χ1) is 11.9. The van der Waals surface area contributed by atoms with E-state index in [4.69, 9.17) is 0 Å². The minimum atomic E-state index is -3.61. The van der Waals surface area contributed by atoms with Crippen LogP contribution in [0.15, 0.2) is 81.5 Å². The second-order valence-electron chi connectivity index (χ2n) is 5.46. The van der Waals surface area contributed by atoms with Crippen LogP contribution in [0.1, 0.15) is 18.1 Å². The predicted octanol–water partition coefficient (Wildman–Crippen LogP) is 4.97. The molecule has 128 valence electrons. The third-order valence-corrected chi connectivity index (χ3v) is 6.02. The molecule has 2 nitrogen and oxygen atoms in total. The standard InChI is InChI=1S/C21H20O2S2/c1-17-12-14-20(15-13-17)25(22,23)21(16-18(2)24-3)11-7-10-19-8-5-4-6-9-19/h4-6,8-9,11-16H,1-3H3/b18-16+,21-11+. The monoisotopic (exact) mass is 368 g/mol. The number of aryl methyl sites for hydroxylation is 1. The summed E-state index contributed by atoms with van der Waals surface area (Å²) >= 11 is 1.50. The van der Waals surface area contributed by atoms with Gasteiger partial charge in [-0.15, -0.1) is 11.8 Å². The Morgan fingerprint density at radius 3 is 2.28 bits per heavy atom. The lowest BCUT2D eigenvalue weighted by Gasteiger charge is -2.06. The first-order valence-electron chi connectivity index (χ1n) is 7.74. The molecule has 0 bridgehead atoms. The number of allylic oxidation sites excluding steroid dienone is 3. The third-order valence-electron chi connectivity index (χ3n) is 3.51. The van der Waals surface area contributed by atoms with Crippen molar-refractivity contribution in [1.29, 1.82) is 0 Å². The van der Waals surface area contributed by atoms with E-state index in [1.165, 1.54) is 17.8 Å². The molecule has 2 aromatic rings. The zero-order chi connectivity index (χ0) is 18.3. The van der Waals surface area contributed by atoms with Gasteiger partial charge in [0.25, 0.3) is 0 Å². The molecule has 0 saturated heterocycles. The average Bonchev–Trinajstić information content (AvgIpc) is 2.62. The lowest BCUT2D eigenvalue weighted by molar-refractivity contribution is 0.603. The Kier molecular flexibility index (Phi) is 6.69. The van der Waals surface area contributed by atoms with Gasteiger partial charge in [0.2, 0.25) is 9.84 Å². The van der Waals surface area contributed by atoms with Gasteiger partial charge in [-0.1, -0.05) is 47.7 Å². The first kappa shape index (κ1) is 19.1. The molecule has 0 fully saturated rings. The molecule has 0 radical (unpaired) electrons. The van der Waals surface area contributed by atoms with E-state index in [0.717, 1.165) is 16.0 Å². The second kappa shape index (κ2) is 8.75. The average molecular weight is 369 g/mol. The zero-order valence-corrected chi connectivity index (χ0v) is 16.1. The van der Waals surface area contributed by atoms with Crippen molar-refractivity contribution >= 4 is 21.6 Å². The summed E-state index contributed by atoms with van der Waals surface area (Å²) in [5.41, 5.74) is 1.86. The summed E-state index contributed by atoms with van der Waals surface area (Å²) in [5, 5.41) is 0. The van der Waals surface area contributed by atoms with E-state index in [-0.39, 0.29) is 9.80 Å². The summed E-state index contributed by atoms with van der Waals surface area (Å²) in [5.74, 6) is 5.85. The summed E-state index contributed by atoms with van der Waals surface area (Å²) in [6.45, 7) is 3.81. The molecule has 25 heavy (non-hydrogen) atoms. The van der Waals surface area contributed by atoms with Gasteiger partial charge in [-0.3, -0.25) is 0 Å². The van der Waals surface area contributed by atoms with Gasteiger partial charge in [0.1, 0.15) is 0 Å². The lowest BCUT2D eigenvalue weighted by Crippen LogP contribution is -2.03. The Morgan fingerprint density at radius 2 is 1.68 bits per heavy atom. The lowest BCUT2D eigenvalue weighted by atomic mass is 10.2. The number of benzene rings is 2. The zero-order valence-electron chi connectivity index (χ0n) is 14.5. The Bertz CT molecular complexity index is 940. The van der Waals surface area contributed by atoms with Crippen LogP contribution in [0.5, 0.6) is 0 Å². The summed E-state index contributed by atoms with van der Waals surface area (Å²) < 4.78 is 25.9. The molecular weight excluding hydrogens is 348 g/mol. The smallest absolute Gasteiger partial charge is 0.207 e. The maximum Gasteiger partial charge on any atom is 0.207 e. The normalized spacial score (nSPS) is 12.4. The molecule has 0 aliphatic carbocycles. The summed E-state index contributed by atoms with van der Waals surface area (Å²) in [4.78, 5) is 1.38. The van der Waals surface area contributed by atoms with Crippen LogP contribution in [0.2, 0.25) is 0 Å². The molecule has 0 N–H and O–H groups in total. The fourth-order valence-corrected chi connectivity index (χ4v) is 3.65. The maximum absolute atomic E-state index is 12.9. The van der Waals surface area contributed by atoms with Gasteiger partial charge in [0.15, 0.2) is 0 Å². The minimum Gasteiger partial charge on any atom is -0.218 e. The number of hydrogen-bond acceptors (Lipinski definition) is 3. The SMILES string of the molecule is CS/C(C)=C/C(=C\C#Cc1ccccc1)S(=O)(=O)c1ccc(C)cc1. The second-order valence-corrected chi connectivity index (χ2v) is 8.46. The first-order valence-corrected chi connectivity index (χ1v) is 10.4. The molecule has 0 aliphatic rings. The highest BCUT2D eigenvalue weighted by Gasteiger charge is 2.18. The Labute approximate surface area is 154 Å². The number of thioether (sulfide) groups is 1. The Morgan fingerprint density at radius 1 is 1.04 bits per heavy atom. The van der Waals surface area contributed by atoms with Crippen LogP contribution in [-0.2, 0) is 9.84 Å². The highest BCUT2D eigenvalue weighted by atomic mass is 32.2. The molecule has 0 aliphatic heterocycles. The van der Waals surface area contributed by atoms with Crippen molar-refractivity contribution in [3.63, 3.8) is 0 Å². The number of rotatable bonds is 4. The van der Waals surface area contributed by atoms with E-state index in [1.807, 2.05) is 50.4 Å². The van der Waals surface area contributed by atoms with Crippen LogP contribution in [0.4, 0.5) is 0 Å². The van der Waals surface area contributed by atoms with Gasteiger partial charge < -0.3 is 0 Å². The highest BCUT2D eigenvalue weighted by molar-refractivity contribution is 8.02. The van der Waals surface area contributed by atoms with E-state index in [9.17, 15) is 8.42 Å². The van der Waals surface area contributed by atoms with Gasteiger partial charge >= 0.3 is 0 Å². The Hall–Kier alpha value is -2.22. The molecule has 2 rings (SSSR count). The predicted molar refractivity (Wildman–Crippen MR) is 107 cm³/mol. The Balaban J connectivity index is 2.47. The largest absolute Gasteiger partial charge is 0.218 e. The summed E-state index contributed by atoms with van der Waals surface area (Å²) in [6, 6.07) is 16.3. The van der Waals surface area contributed by atoms with Crippen molar-refractivity contribution in [2.45, 2.75) is 18.7 Å². The van der Waals surface area contributed by atoms with Crippen molar-refractivity contribution in [3.05, 3.63) is 87.7 Å². The van der Waals surface area contributed by atoms with Crippen LogP contribution >= 0.6 is 11.8 Å². The molecular formula is C21H20O2S2. The van der Waals surface area contributed by atoms with E-state index in [2.05, 4.69) is 11.8 Å². The van der Waals surface area contributed by atoms with E-state index in [0.29, 0.717) is 0 Å². The van der Waals surface area contributed by atoms with E-state index < -0.39 is 9.84 Å². The number of sulfone groups is 1. The topological polar surface area (TPSA) is 34.1 Å². The molecule has 0 atom stereocenters. The third kappa shape index (κ3) is 5.38. The van der Waals surface area contributed by atoms with Gasteiger partial charge in [-0.2, -0.15) is 0 Å². The van der Waals surface area contributed by atoms with Crippen molar-refractivity contribution in [2.75, 3.05) is 6.26 Å². The van der Waals surface area contributed by atoms with Crippen LogP contribution in [0, 0.1) is 18.8 Å². The van der Waals surface area contributed by atoms with Gasteiger partial charge in [-0.05, 0) is 55.3 Å². The van der Waals surface area contributed by atoms with Crippen LogP contribution in [0.3, 0.4) is 0 Å². The van der Waals surface area contributed by atoms with Gasteiger partial charge in [-0.25, -0.2) is 8.42 Å². The van der Waals surface area contributed by atoms with Crippen LogP contribution < -0.4 is 0 Å². The fraction of sp³-hybridized carbons (Fsp3) is 0.143. The molecule has 0 unspecified atom stereocenters. The molecule has 2 aromatic carbocycles. The number of hydrogen-bond donors (Lipinski definition) is 0. The van der Waals surface area contributed by atoms with Crippen molar-refractivity contribution in [3.8, 4) is 11.8 Å². The van der Waals surface area contributed by atoms with Crippen molar-refractivity contribution < 1.29 is 8.42 Å². The molecule has 0 aromatic heterocycles. The van der Waals surface area contributed by atoms with Gasteiger partial charge in [0, 0.05) is 11.6 Å². The quantitative estimate of drug-likeness (QED) is 0.564. The van der Waals surface area contributed by atoms with Gasteiger partial charge in [0.05, 0.1) is 9.80 Å². The van der Waals surface area contributed by atoms with E-state index >= 15 is 0 Å². The fourth-order valence-electron chi connectivity index (χ4n) is 2.02. The molecule has 0 saturated carbocycles. The van der Waals surface area contributed by atoms with Crippen LogP contribution in [0.25, 0.3) is 0 Å². The summed E-state index contributed by atoms with van der Waals surface area (Å²) in [7, 11) is -3.61. The van der Waals surface area contributed by atoms with Crippen molar-refractivity contribution in [1.82, 2.24) is 0 Å². The molecule has 0 spiro atoms. The molecule has 0 amide bonds. The maximum atomic E-state index is 12.9. The highest BCUT2D eigenvalue weighted by Crippen LogP contribution is 2.24. The molecule has 4 heteroatoms. The van der Waals surface area contributed by atoms with Crippen molar-refractivity contribution in [2.24, 2.45) is 0 Å². The van der Waals surface area contributed by atoms with Crippen LogP contribution in [-0.4, -0.2) is 14.7 Å².